The lowest BCUT2D eigenvalue weighted by Gasteiger charge is -2.04. The number of pyridine rings is 1. The van der Waals surface area contributed by atoms with Crippen molar-refractivity contribution < 1.29 is 33.7 Å². The van der Waals surface area contributed by atoms with Gasteiger partial charge in [-0.15, -0.1) is 11.6 Å². The van der Waals surface area contributed by atoms with Gasteiger partial charge in [0.2, 0.25) is 0 Å². The molecule has 0 amide bonds. The molecule has 1 heterocycles. The minimum absolute atomic E-state index is 0. The third kappa shape index (κ3) is 4.57. The van der Waals surface area contributed by atoms with Gasteiger partial charge in [0.1, 0.15) is 7.05 Å². The summed E-state index contributed by atoms with van der Waals surface area (Å²) in [6.45, 7) is 0. The van der Waals surface area contributed by atoms with E-state index in [2.05, 4.69) is 10.6 Å². The molecule has 4 heteroatoms. The van der Waals surface area contributed by atoms with E-state index in [-0.39, 0.29) is 30.1 Å². The van der Waals surface area contributed by atoms with Gasteiger partial charge in [0.05, 0.1) is 6.10 Å². The topological polar surface area (TPSA) is 24.1 Å². The molecule has 1 atom stereocenters. The molecule has 14 heavy (non-hydrogen) atoms. The molecule has 0 aromatic carbocycles. The third-order valence-corrected chi connectivity index (χ3v) is 2.43. The summed E-state index contributed by atoms with van der Waals surface area (Å²) < 4.78 is 2.06. The van der Waals surface area contributed by atoms with Gasteiger partial charge in [-0.25, -0.2) is 4.57 Å². The first-order valence-electron chi connectivity index (χ1n) is 4.41. The number of nitrogens with zero attached hydrogens (tertiary/aromatic N) is 1. The van der Waals surface area contributed by atoms with Gasteiger partial charge in [-0.1, -0.05) is 6.07 Å². The normalized spacial score (nSPS) is 11.9. The molecule has 1 aromatic heterocycles. The van der Waals surface area contributed by atoms with E-state index >= 15 is 0 Å². The van der Waals surface area contributed by atoms with Gasteiger partial charge >= 0.3 is 0 Å². The smallest absolute Gasteiger partial charge is 0.181 e. The SMILES string of the molecule is C[n+]1ccccc1CCC(O)CCl.[I-]. The molecule has 0 radical (unpaired) electrons. The van der Waals surface area contributed by atoms with Gasteiger partial charge < -0.3 is 29.1 Å². The minimum Gasteiger partial charge on any atom is -1.00 e. The summed E-state index contributed by atoms with van der Waals surface area (Å²) in [4.78, 5) is 0. The molecule has 0 bridgehead atoms. The Balaban J connectivity index is 0.00000169. The molecule has 0 aliphatic carbocycles. The summed E-state index contributed by atoms with van der Waals surface area (Å²) in [7, 11) is 2.00. The van der Waals surface area contributed by atoms with E-state index in [0.29, 0.717) is 5.88 Å². The Hall–Kier alpha value is 0.130. The van der Waals surface area contributed by atoms with E-state index in [1.807, 2.05) is 25.4 Å². The molecule has 0 spiro atoms. The highest BCUT2D eigenvalue weighted by Gasteiger charge is 2.08. The molecule has 0 saturated heterocycles. The lowest BCUT2D eigenvalue weighted by Crippen LogP contribution is -3.00. The molecule has 80 valence electrons. The van der Waals surface area contributed by atoms with Crippen molar-refractivity contribution >= 4 is 11.6 Å². The average molecular weight is 328 g/mol. The number of halogens is 2. The van der Waals surface area contributed by atoms with E-state index < -0.39 is 0 Å². The molecule has 1 unspecified atom stereocenters. The zero-order chi connectivity index (χ0) is 9.68. The van der Waals surface area contributed by atoms with Crippen LogP contribution in [0, 0.1) is 0 Å². The Kier molecular flexibility index (Phi) is 7.49. The van der Waals surface area contributed by atoms with Crippen LogP contribution in [-0.4, -0.2) is 17.1 Å². The first kappa shape index (κ1) is 14.1. The molecule has 1 aromatic rings. The Labute approximate surface area is 107 Å². The Bertz CT molecular complexity index is 270. The van der Waals surface area contributed by atoms with Crippen molar-refractivity contribution in [3.63, 3.8) is 0 Å². The number of aryl methyl sites for hydroxylation is 2. The maximum absolute atomic E-state index is 9.27. The van der Waals surface area contributed by atoms with E-state index in [1.165, 1.54) is 5.69 Å². The van der Waals surface area contributed by atoms with Crippen molar-refractivity contribution in [1.82, 2.24) is 0 Å². The summed E-state index contributed by atoms with van der Waals surface area (Å²) in [5.41, 5.74) is 1.21. The first-order valence-corrected chi connectivity index (χ1v) is 4.95. The van der Waals surface area contributed by atoms with Gasteiger partial charge in [-0.05, 0) is 6.42 Å². The zero-order valence-electron chi connectivity index (χ0n) is 8.16. The van der Waals surface area contributed by atoms with E-state index in [1.54, 1.807) is 0 Å². The standard InChI is InChI=1S/C10H15ClNO.HI/c1-12-7-3-2-4-9(12)5-6-10(13)8-11;/h2-4,7,10,13H,5-6,8H2,1H3;1H/q+1;/p-1. The summed E-state index contributed by atoms with van der Waals surface area (Å²) in [6.07, 6.45) is 3.21. The minimum atomic E-state index is -0.387. The average Bonchev–Trinajstić information content (AvgIpc) is 2.16. The quantitative estimate of drug-likeness (QED) is 0.388. The fraction of sp³-hybridized carbons (Fsp3) is 0.500. The molecule has 0 fully saturated rings. The van der Waals surface area contributed by atoms with Crippen molar-refractivity contribution in [2.75, 3.05) is 5.88 Å². The molecule has 1 N–H and O–H groups in total. The van der Waals surface area contributed by atoms with Gasteiger partial charge in [-0.3, -0.25) is 0 Å². The van der Waals surface area contributed by atoms with Crippen LogP contribution >= 0.6 is 11.6 Å². The first-order chi connectivity index (χ1) is 6.24. The highest BCUT2D eigenvalue weighted by atomic mass is 127. The van der Waals surface area contributed by atoms with E-state index in [9.17, 15) is 5.11 Å². The predicted molar refractivity (Wildman–Crippen MR) is 52.7 cm³/mol. The monoisotopic (exact) mass is 327 g/mol. The highest BCUT2D eigenvalue weighted by molar-refractivity contribution is 6.18. The van der Waals surface area contributed by atoms with Gasteiger partial charge in [0.15, 0.2) is 11.9 Å². The summed E-state index contributed by atoms with van der Waals surface area (Å²) in [5, 5.41) is 9.27. The fourth-order valence-corrected chi connectivity index (χ4v) is 1.36. The number of alkyl halides is 1. The largest absolute Gasteiger partial charge is 1.00 e. The second kappa shape index (κ2) is 7.43. The molecular weight excluding hydrogens is 312 g/mol. The van der Waals surface area contributed by atoms with Crippen LogP contribution < -0.4 is 28.5 Å². The van der Waals surface area contributed by atoms with Crippen LogP contribution in [0.5, 0.6) is 0 Å². The molecule has 1 rings (SSSR count). The van der Waals surface area contributed by atoms with Crippen LogP contribution in [-0.2, 0) is 13.5 Å². The van der Waals surface area contributed by atoms with Crippen LogP contribution in [0.4, 0.5) is 0 Å². The van der Waals surface area contributed by atoms with Crippen LogP contribution in [0.15, 0.2) is 24.4 Å². The maximum atomic E-state index is 9.27. The van der Waals surface area contributed by atoms with Crippen molar-refractivity contribution in [2.45, 2.75) is 18.9 Å². The van der Waals surface area contributed by atoms with Crippen LogP contribution in [0.25, 0.3) is 0 Å². The molecule has 0 aliphatic heterocycles. The summed E-state index contributed by atoms with van der Waals surface area (Å²) >= 11 is 5.50. The maximum Gasteiger partial charge on any atom is 0.181 e. The number of rotatable bonds is 4. The molecule has 0 saturated carbocycles. The summed E-state index contributed by atoms with van der Waals surface area (Å²) in [6, 6.07) is 6.05. The fourth-order valence-electron chi connectivity index (χ4n) is 1.21. The number of aliphatic hydroxyl groups is 1. The van der Waals surface area contributed by atoms with Crippen molar-refractivity contribution in [3.05, 3.63) is 30.1 Å². The molecular formula is C10H15ClINO. The van der Waals surface area contributed by atoms with Gasteiger partial charge in [0.25, 0.3) is 0 Å². The number of aliphatic hydroxyl groups excluding tert-OH is 1. The van der Waals surface area contributed by atoms with Crippen LogP contribution in [0.2, 0.25) is 0 Å². The number of hydrogen-bond donors (Lipinski definition) is 1. The van der Waals surface area contributed by atoms with Crippen molar-refractivity contribution in [1.29, 1.82) is 0 Å². The zero-order valence-corrected chi connectivity index (χ0v) is 11.1. The van der Waals surface area contributed by atoms with Crippen molar-refractivity contribution in [2.24, 2.45) is 7.05 Å². The number of hydrogen-bond acceptors (Lipinski definition) is 1. The van der Waals surface area contributed by atoms with Gasteiger partial charge in [0, 0.05) is 24.4 Å². The van der Waals surface area contributed by atoms with Crippen molar-refractivity contribution in [3.8, 4) is 0 Å². The Morgan fingerprint density at radius 2 is 2.21 bits per heavy atom. The van der Waals surface area contributed by atoms with E-state index in [0.717, 1.165) is 12.8 Å². The predicted octanol–water partition coefficient (Wildman–Crippen LogP) is -1.95. The molecule has 0 aliphatic rings. The Morgan fingerprint density at radius 1 is 1.50 bits per heavy atom. The summed E-state index contributed by atoms with van der Waals surface area (Å²) in [5.74, 6) is 0.316. The lowest BCUT2D eigenvalue weighted by atomic mass is 10.1. The van der Waals surface area contributed by atoms with Gasteiger partial charge in [-0.2, -0.15) is 0 Å². The highest BCUT2D eigenvalue weighted by Crippen LogP contribution is 2.01. The molecule has 2 nitrogen and oxygen atoms in total. The second-order valence-corrected chi connectivity index (χ2v) is 3.46. The van der Waals surface area contributed by atoms with E-state index in [4.69, 9.17) is 11.6 Å². The van der Waals surface area contributed by atoms with Crippen LogP contribution in [0.1, 0.15) is 12.1 Å². The Morgan fingerprint density at radius 3 is 2.79 bits per heavy atom. The third-order valence-electron chi connectivity index (χ3n) is 2.07. The number of aromatic nitrogens is 1. The second-order valence-electron chi connectivity index (χ2n) is 3.15. The van der Waals surface area contributed by atoms with Crippen LogP contribution in [0.3, 0.4) is 0 Å². The lowest BCUT2D eigenvalue weighted by molar-refractivity contribution is -0.679.